The fourth-order valence-electron chi connectivity index (χ4n) is 1.59. The van der Waals surface area contributed by atoms with Crippen LogP contribution in [0.3, 0.4) is 0 Å². The zero-order valence-electron chi connectivity index (χ0n) is 9.73. The topological polar surface area (TPSA) is 20.2 Å². The predicted molar refractivity (Wildman–Crippen MR) is 83.0 cm³/mol. The molecule has 2 aromatic rings. The Bertz CT molecular complexity index is 555. The molecule has 1 unspecified atom stereocenters. The minimum absolute atomic E-state index is 0.469. The summed E-state index contributed by atoms with van der Waals surface area (Å²) in [5.74, 6) is 0. The Morgan fingerprint density at radius 2 is 1.78 bits per heavy atom. The third-order valence-electron chi connectivity index (χ3n) is 2.48. The highest BCUT2D eigenvalue weighted by Crippen LogP contribution is 2.38. The SMILES string of the molecule is CC(O)c1ccc(Br)cc1Sc1ccccc1Br. The van der Waals surface area contributed by atoms with E-state index in [0.29, 0.717) is 0 Å². The molecule has 0 radical (unpaired) electrons. The van der Waals surface area contributed by atoms with Crippen molar-refractivity contribution in [3.05, 3.63) is 57.0 Å². The molecule has 0 aliphatic carbocycles. The number of benzene rings is 2. The summed E-state index contributed by atoms with van der Waals surface area (Å²) in [5, 5.41) is 9.80. The molecule has 18 heavy (non-hydrogen) atoms. The Balaban J connectivity index is 2.39. The van der Waals surface area contributed by atoms with Gasteiger partial charge in [0.15, 0.2) is 0 Å². The van der Waals surface area contributed by atoms with Crippen LogP contribution in [0.4, 0.5) is 0 Å². The lowest BCUT2D eigenvalue weighted by Gasteiger charge is -2.12. The molecular formula is C14H12Br2OS. The standard InChI is InChI=1S/C14H12Br2OS/c1-9(17)11-7-6-10(15)8-14(11)18-13-5-3-2-4-12(13)16/h2-9,17H,1H3. The molecule has 0 spiro atoms. The van der Waals surface area contributed by atoms with Crippen molar-refractivity contribution in [2.75, 3.05) is 0 Å². The van der Waals surface area contributed by atoms with Gasteiger partial charge in [0, 0.05) is 18.7 Å². The van der Waals surface area contributed by atoms with Crippen LogP contribution < -0.4 is 0 Å². The van der Waals surface area contributed by atoms with Gasteiger partial charge in [0.25, 0.3) is 0 Å². The maximum absolute atomic E-state index is 9.80. The van der Waals surface area contributed by atoms with Crippen molar-refractivity contribution >= 4 is 43.6 Å². The van der Waals surface area contributed by atoms with E-state index in [9.17, 15) is 5.11 Å². The quantitative estimate of drug-likeness (QED) is 0.758. The first-order valence-corrected chi connectivity index (χ1v) is 7.88. The van der Waals surface area contributed by atoms with E-state index in [0.717, 1.165) is 24.3 Å². The molecule has 94 valence electrons. The molecule has 1 atom stereocenters. The van der Waals surface area contributed by atoms with Crippen LogP contribution in [0.2, 0.25) is 0 Å². The Hall–Kier alpha value is -0.290. The van der Waals surface area contributed by atoms with E-state index < -0.39 is 6.10 Å². The van der Waals surface area contributed by atoms with Crippen LogP contribution in [0, 0.1) is 0 Å². The van der Waals surface area contributed by atoms with E-state index in [1.807, 2.05) is 36.4 Å². The molecule has 2 aromatic carbocycles. The highest BCUT2D eigenvalue weighted by Gasteiger charge is 2.11. The van der Waals surface area contributed by atoms with Gasteiger partial charge in [0.2, 0.25) is 0 Å². The van der Waals surface area contributed by atoms with Crippen LogP contribution in [0.5, 0.6) is 0 Å². The first-order valence-electron chi connectivity index (χ1n) is 5.48. The van der Waals surface area contributed by atoms with Crippen LogP contribution in [0.25, 0.3) is 0 Å². The lowest BCUT2D eigenvalue weighted by Crippen LogP contribution is -1.94. The van der Waals surface area contributed by atoms with Gasteiger partial charge in [-0.1, -0.05) is 45.9 Å². The normalized spacial score (nSPS) is 12.4. The van der Waals surface area contributed by atoms with Crippen LogP contribution in [0.1, 0.15) is 18.6 Å². The number of rotatable bonds is 3. The van der Waals surface area contributed by atoms with Crippen LogP contribution in [-0.2, 0) is 0 Å². The summed E-state index contributed by atoms with van der Waals surface area (Å²) >= 11 is 8.66. The molecule has 0 heterocycles. The van der Waals surface area contributed by atoms with Gasteiger partial charge in [-0.2, -0.15) is 0 Å². The summed E-state index contributed by atoms with van der Waals surface area (Å²) in [4.78, 5) is 2.20. The van der Waals surface area contributed by atoms with Gasteiger partial charge in [-0.3, -0.25) is 0 Å². The fourth-order valence-corrected chi connectivity index (χ4v) is 3.72. The van der Waals surface area contributed by atoms with Gasteiger partial charge >= 0.3 is 0 Å². The number of hydrogen-bond acceptors (Lipinski definition) is 2. The lowest BCUT2D eigenvalue weighted by atomic mass is 10.1. The smallest absolute Gasteiger partial charge is 0.0772 e. The molecule has 4 heteroatoms. The van der Waals surface area contributed by atoms with Gasteiger partial charge in [0.1, 0.15) is 0 Å². The first-order chi connectivity index (χ1) is 8.58. The second-order valence-electron chi connectivity index (χ2n) is 3.89. The van der Waals surface area contributed by atoms with Crippen molar-refractivity contribution in [2.45, 2.75) is 22.8 Å². The van der Waals surface area contributed by atoms with E-state index in [-0.39, 0.29) is 0 Å². The molecule has 0 aliphatic heterocycles. The summed E-state index contributed by atoms with van der Waals surface area (Å²) in [6.07, 6.45) is -0.469. The first kappa shape index (κ1) is 14.1. The number of aliphatic hydroxyl groups excluding tert-OH is 1. The minimum Gasteiger partial charge on any atom is -0.389 e. The van der Waals surface area contributed by atoms with Gasteiger partial charge in [-0.15, -0.1) is 0 Å². The molecule has 0 aliphatic rings. The molecule has 0 saturated heterocycles. The summed E-state index contributed by atoms with van der Waals surface area (Å²) in [6, 6.07) is 14.0. The fraction of sp³-hybridized carbons (Fsp3) is 0.143. The second-order valence-corrected chi connectivity index (χ2v) is 6.74. The third-order valence-corrected chi connectivity index (χ3v) is 5.08. The summed E-state index contributed by atoms with van der Waals surface area (Å²) in [5.41, 5.74) is 0.943. The van der Waals surface area contributed by atoms with E-state index >= 15 is 0 Å². The van der Waals surface area contributed by atoms with Crippen LogP contribution in [-0.4, -0.2) is 5.11 Å². The third kappa shape index (κ3) is 3.38. The number of hydrogen-bond donors (Lipinski definition) is 1. The molecular weight excluding hydrogens is 376 g/mol. The van der Waals surface area contributed by atoms with Crippen molar-refractivity contribution in [3.8, 4) is 0 Å². The van der Waals surface area contributed by atoms with Crippen molar-refractivity contribution in [1.29, 1.82) is 0 Å². The van der Waals surface area contributed by atoms with Crippen LogP contribution >= 0.6 is 43.6 Å². The monoisotopic (exact) mass is 386 g/mol. The highest BCUT2D eigenvalue weighted by atomic mass is 79.9. The van der Waals surface area contributed by atoms with E-state index in [1.165, 1.54) is 0 Å². The maximum atomic E-state index is 9.80. The second kappa shape index (κ2) is 6.24. The zero-order chi connectivity index (χ0) is 13.1. The average Bonchev–Trinajstić information content (AvgIpc) is 2.32. The Kier molecular flexibility index (Phi) is 4.90. The van der Waals surface area contributed by atoms with Gasteiger partial charge in [0.05, 0.1) is 6.10 Å². The largest absolute Gasteiger partial charge is 0.389 e. The molecule has 0 amide bonds. The molecule has 0 aromatic heterocycles. The van der Waals surface area contributed by atoms with Crippen LogP contribution in [0.15, 0.2) is 61.2 Å². The summed E-state index contributed by atoms with van der Waals surface area (Å²) in [7, 11) is 0. The van der Waals surface area contributed by atoms with E-state index in [2.05, 4.69) is 37.9 Å². The van der Waals surface area contributed by atoms with Crippen molar-refractivity contribution < 1.29 is 5.11 Å². The van der Waals surface area contributed by atoms with Gasteiger partial charge in [-0.25, -0.2) is 0 Å². The predicted octanol–water partition coefficient (Wildman–Crippen LogP) is 5.42. The molecule has 1 N–H and O–H groups in total. The van der Waals surface area contributed by atoms with Crippen molar-refractivity contribution in [1.82, 2.24) is 0 Å². The molecule has 0 fully saturated rings. The molecule has 0 bridgehead atoms. The highest BCUT2D eigenvalue weighted by molar-refractivity contribution is 9.10. The van der Waals surface area contributed by atoms with E-state index in [1.54, 1.807) is 18.7 Å². The van der Waals surface area contributed by atoms with Gasteiger partial charge in [-0.05, 0) is 52.7 Å². The number of halogens is 2. The Morgan fingerprint density at radius 3 is 2.44 bits per heavy atom. The molecule has 0 saturated carbocycles. The average molecular weight is 388 g/mol. The van der Waals surface area contributed by atoms with Crippen molar-refractivity contribution in [2.24, 2.45) is 0 Å². The maximum Gasteiger partial charge on any atom is 0.0772 e. The zero-order valence-corrected chi connectivity index (χ0v) is 13.7. The minimum atomic E-state index is -0.469. The molecule has 2 rings (SSSR count). The van der Waals surface area contributed by atoms with Crippen molar-refractivity contribution in [3.63, 3.8) is 0 Å². The Labute approximate surface area is 128 Å². The Morgan fingerprint density at radius 1 is 1.06 bits per heavy atom. The van der Waals surface area contributed by atoms with E-state index in [4.69, 9.17) is 0 Å². The van der Waals surface area contributed by atoms with Gasteiger partial charge < -0.3 is 5.11 Å². The summed E-state index contributed by atoms with van der Waals surface area (Å²) in [6.45, 7) is 1.79. The number of aliphatic hydroxyl groups is 1. The lowest BCUT2D eigenvalue weighted by molar-refractivity contribution is 0.196. The summed E-state index contributed by atoms with van der Waals surface area (Å²) < 4.78 is 2.08. The molecule has 1 nitrogen and oxygen atoms in total.